The van der Waals surface area contributed by atoms with Crippen LogP contribution in [-0.2, 0) is 19.1 Å². The Kier molecular flexibility index (Phi) is 11.1. The molecule has 0 aromatic heterocycles. The Bertz CT molecular complexity index is 433. The standard InChI is InChI=1S/C18H33N3O4.ClH/c1-3-24-10-11-25-14(2)18(23)21-9-5-6-15(13-21)12-20-17(22)16-7-4-8-19-16;/h14-16,19H,3-13H2,1-2H3,(H,20,22);1H. The van der Waals surface area contributed by atoms with E-state index in [2.05, 4.69) is 10.6 Å². The van der Waals surface area contributed by atoms with E-state index in [4.69, 9.17) is 9.47 Å². The Morgan fingerprint density at radius 3 is 2.77 bits per heavy atom. The lowest BCUT2D eigenvalue weighted by Crippen LogP contribution is -2.48. The summed E-state index contributed by atoms with van der Waals surface area (Å²) in [6.07, 6.45) is 3.54. The minimum absolute atomic E-state index is 0. The molecule has 2 heterocycles. The van der Waals surface area contributed by atoms with Gasteiger partial charge in [0.25, 0.3) is 5.91 Å². The summed E-state index contributed by atoms with van der Waals surface area (Å²) < 4.78 is 10.8. The Labute approximate surface area is 162 Å². The lowest BCUT2D eigenvalue weighted by Gasteiger charge is -2.34. The smallest absolute Gasteiger partial charge is 0.251 e. The van der Waals surface area contributed by atoms with Crippen LogP contribution in [0.1, 0.15) is 39.5 Å². The molecular formula is C18H34ClN3O4. The van der Waals surface area contributed by atoms with Gasteiger partial charge in [-0.15, -0.1) is 12.4 Å². The van der Waals surface area contributed by atoms with Crippen molar-refractivity contribution in [3.63, 3.8) is 0 Å². The molecule has 2 saturated heterocycles. The molecule has 0 aliphatic carbocycles. The van der Waals surface area contributed by atoms with Gasteiger partial charge in [0.2, 0.25) is 5.91 Å². The van der Waals surface area contributed by atoms with Crippen molar-refractivity contribution in [2.24, 2.45) is 5.92 Å². The third kappa shape index (κ3) is 7.39. The van der Waals surface area contributed by atoms with Gasteiger partial charge < -0.3 is 25.0 Å². The van der Waals surface area contributed by atoms with Crippen LogP contribution >= 0.6 is 12.4 Å². The van der Waals surface area contributed by atoms with Crippen LogP contribution in [-0.4, -0.2) is 74.9 Å². The van der Waals surface area contributed by atoms with Crippen LogP contribution in [0.15, 0.2) is 0 Å². The molecule has 26 heavy (non-hydrogen) atoms. The Balaban J connectivity index is 0.00000338. The van der Waals surface area contributed by atoms with Gasteiger partial charge in [-0.3, -0.25) is 9.59 Å². The number of rotatable bonds is 9. The fourth-order valence-electron chi connectivity index (χ4n) is 3.46. The molecule has 3 atom stereocenters. The molecule has 152 valence electrons. The monoisotopic (exact) mass is 391 g/mol. The number of carbonyl (C=O) groups excluding carboxylic acids is 2. The Morgan fingerprint density at radius 1 is 1.27 bits per heavy atom. The van der Waals surface area contributed by atoms with Crippen LogP contribution in [0.5, 0.6) is 0 Å². The van der Waals surface area contributed by atoms with E-state index >= 15 is 0 Å². The molecule has 0 spiro atoms. The van der Waals surface area contributed by atoms with Crippen LogP contribution in [0.4, 0.5) is 0 Å². The molecule has 0 aromatic carbocycles. The number of amides is 2. The van der Waals surface area contributed by atoms with Crippen molar-refractivity contribution < 1.29 is 19.1 Å². The van der Waals surface area contributed by atoms with E-state index in [1.54, 1.807) is 6.92 Å². The number of halogens is 1. The van der Waals surface area contributed by atoms with Crippen molar-refractivity contribution in [1.29, 1.82) is 0 Å². The molecular weight excluding hydrogens is 358 g/mol. The molecule has 2 aliphatic heterocycles. The maximum atomic E-state index is 12.5. The average Bonchev–Trinajstić information content (AvgIpc) is 3.17. The van der Waals surface area contributed by atoms with Crippen LogP contribution in [0.3, 0.4) is 0 Å². The number of carbonyl (C=O) groups is 2. The third-order valence-corrected chi connectivity index (χ3v) is 4.92. The normalized spacial score (nSPS) is 24.0. The molecule has 2 N–H and O–H groups in total. The van der Waals surface area contributed by atoms with Gasteiger partial charge in [0.15, 0.2) is 0 Å². The first-order chi connectivity index (χ1) is 12.1. The predicted molar refractivity (Wildman–Crippen MR) is 102 cm³/mol. The zero-order valence-corrected chi connectivity index (χ0v) is 16.8. The van der Waals surface area contributed by atoms with Gasteiger partial charge in [-0.1, -0.05) is 0 Å². The zero-order valence-electron chi connectivity index (χ0n) is 16.0. The molecule has 0 saturated carbocycles. The van der Waals surface area contributed by atoms with Gasteiger partial charge in [-0.2, -0.15) is 0 Å². The maximum Gasteiger partial charge on any atom is 0.251 e. The highest BCUT2D eigenvalue weighted by Gasteiger charge is 2.28. The number of nitrogens with zero attached hydrogens (tertiary/aromatic N) is 1. The zero-order chi connectivity index (χ0) is 18.1. The van der Waals surface area contributed by atoms with Crippen LogP contribution in [0, 0.1) is 5.92 Å². The first-order valence-corrected chi connectivity index (χ1v) is 9.61. The minimum atomic E-state index is -0.448. The number of hydrogen-bond acceptors (Lipinski definition) is 5. The first kappa shape index (κ1) is 23.1. The van der Waals surface area contributed by atoms with Crippen molar-refractivity contribution in [2.75, 3.05) is 46.0 Å². The number of piperidine rings is 1. The van der Waals surface area contributed by atoms with E-state index < -0.39 is 6.10 Å². The summed E-state index contributed by atoms with van der Waals surface area (Å²) in [5.41, 5.74) is 0. The molecule has 0 aromatic rings. The van der Waals surface area contributed by atoms with E-state index in [0.29, 0.717) is 38.8 Å². The fraction of sp³-hybridized carbons (Fsp3) is 0.889. The second kappa shape index (κ2) is 12.5. The average molecular weight is 392 g/mol. The largest absolute Gasteiger partial charge is 0.379 e. The highest BCUT2D eigenvalue weighted by Crippen LogP contribution is 2.17. The van der Waals surface area contributed by atoms with Gasteiger partial charge >= 0.3 is 0 Å². The van der Waals surface area contributed by atoms with Crippen LogP contribution < -0.4 is 10.6 Å². The fourth-order valence-corrected chi connectivity index (χ4v) is 3.46. The van der Waals surface area contributed by atoms with Crippen LogP contribution in [0.2, 0.25) is 0 Å². The summed E-state index contributed by atoms with van der Waals surface area (Å²) in [6, 6.07) is -0.0416. The molecule has 7 nitrogen and oxygen atoms in total. The van der Waals surface area contributed by atoms with E-state index in [1.165, 1.54) is 0 Å². The third-order valence-electron chi connectivity index (χ3n) is 4.92. The molecule has 8 heteroatoms. The summed E-state index contributed by atoms with van der Waals surface area (Å²) in [5, 5.41) is 6.26. The first-order valence-electron chi connectivity index (χ1n) is 9.61. The van der Waals surface area contributed by atoms with Gasteiger partial charge in [0, 0.05) is 26.2 Å². The molecule has 0 radical (unpaired) electrons. The van der Waals surface area contributed by atoms with Gasteiger partial charge in [-0.05, 0) is 52.0 Å². The lowest BCUT2D eigenvalue weighted by molar-refractivity contribution is -0.145. The summed E-state index contributed by atoms with van der Waals surface area (Å²) >= 11 is 0. The molecule has 3 unspecified atom stereocenters. The van der Waals surface area contributed by atoms with E-state index in [9.17, 15) is 9.59 Å². The predicted octanol–water partition coefficient (Wildman–Crippen LogP) is 0.957. The van der Waals surface area contributed by atoms with Gasteiger partial charge in [0.1, 0.15) is 6.10 Å². The summed E-state index contributed by atoms with van der Waals surface area (Å²) in [4.78, 5) is 26.5. The van der Waals surface area contributed by atoms with Gasteiger partial charge in [-0.25, -0.2) is 0 Å². The van der Waals surface area contributed by atoms with Crippen molar-refractivity contribution in [1.82, 2.24) is 15.5 Å². The molecule has 0 bridgehead atoms. The quantitative estimate of drug-likeness (QED) is 0.572. The highest BCUT2D eigenvalue weighted by molar-refractivity contribution is 5.85. The van der Waals surface area contributed by atoms with Crippen molar-refractivity contribution in [2.45, 2.75) is 51.7 Å². The molecule has 2 rings (SSSR count). The second-order valence-corrected chi connectivity index (χ2v) is 6.90. The highest BCUT2D eigenvalue weighted by atomic mass is 35.5. The SMILES string of the molecule is CCOCCOC(C)C(=O)N1CCCC(CNC(=O)C2CCCN2)C1.Cl. The topological polar surface area (TPSA) is 79.9 Å². The lowest BCUT2D eigenvalue weighted by atomic mass is 9.97. The molecule has 2 amide bonds. The summed E-state index contributed by atoms with van der Waals surface area (Å²) in [5.74, 6) is 0.442. The van der Waals surface area contributed by atoms with Gasteiger partial charge in [0.05, 0.1) is 19.3 Å². The number of likely N-dealkylation sites (tertiary alicyclic amines) is 1. The Morgan fingerprint density at radius 2 is 2.08 bits per heavy atom. The number of hydrogen-bond donors (Lipinski definition) is 2. The number of nitrogens with one attached hydrogen (secondary N) is 2. The summed E-state index contributed by atoms with van der Waals surface area (Å²) in [7, 11) is 0. The summed E-state index contributed by atoms with van der Waals surface area (Å²) in [6.45, 7) is 8.35. The van der Waals surface area contributed by atoms with Crippen molar-refractivity contribution in [3.8, 4) is 0 Å². The molecule has 2 aliphatic rings. The number of ether oxygens (including phenoxy) is 2. The second-order valence-electron chi connectivity index (χ2n) is 6.90. The van der Waals surface area contributed by atoms with E-state index in [-0.39, 0.29) is 30.3 Å². The molecule has 2 fully saturated rings. The van der Waals surface area contributed by atoms with Crippen molar-refractivity contribution >= 4 is 24.2 Å². The van der Waals surface area contributed by atoms with E-state index in [0.717, 1.165) is 38.8 Å². The van der Waals surface area contributed by atoms with Crippen molar-refractivity contribution in [3.05, 3.63) is 0 Å². The van der Waals surface area contributed by atoms with Crippen LogP contribution in [0.25, 0.3) is 0 Å². The van der Waals surface area contributed by atoms with E-state index in [1.807, 2.05) is 11.8 Å². The minimum Gasteiger partial charge on any atom is -0.379 e. The Hall–Kier alpha value is -0.890. The maximum absolute atomic E-state index is 12.5.